The van der Waals surface area contributed by atoms with E-state index in [9.17, 15) is 9.18 Å². The maximum absolute atomic E-state index is 13.2. The zero-order valence-electron chi connectivity index (χ0n) is 15.8. The average molecular weight is 407 g/mol. The van der Waals surface area contributed by atoms with Crippen molar-refractivity contribution in [1.82, 2.24) is 25.1 Å². The molecule has 3 heterocycles. The molecule has 146 valence electrons. The molecule has 6 nitrogen and oxygen atoms in total. The topological polar surface area (TPSA) is 72.7 Å². The fourth-order valence-electron chi connectivity index (χ4n) is 3.05. The summed E-state index contributed by atoms with van der Waals surface area (Å²) in [5, 5.41) is 8.03. The van der Waals surface area contributed by atoms with Gasteiger partial charge in [0, 0.05) is 28.9 Å². The molecule has 1 unspecified atom stereocenters. The lowest BCUT2D eigenvalue weighted by Crippen LogP contribution is -2.27. The smallest absolute Gasteiger partial charge is 0.254 e. The number of hydrogen-bond acceptors (Lipinski definition) is 5. The SMILES string of the molecule is CSc1cncc(C(C)NC(=O)c2cncc3c2cnn3-c2ccc(F)cc2)c1. The number of pyridine rings is 2. The number of aromatic nitrogens is 4. The van der Waals surface area contributed by atoms with Crippen molar-refractivity contribution in [2.24, 2.45) is 0 Å². The highest BCUT2D eigenvalue weighted by Crippen LogP contribution is 2.23. The van der Waals surface area contributed by atoms with Crippen LogP contribution < -0.4 is 5.32 Å². The van der Waals surface area contributed by atoms with Crippen LogP contribution in [0.25, 0.3) is 16.6 Å². The first-order valence-electron chi connectivity index (χ1n) is 8.94. The molecule has 3 aromatic heterocycles. The predicted octanol–water partition coefficient (Wildman–Crippen LogP) is 4.17. The van der Waals surface area contributed by atoms with E-state index >= 15 is 0 Å². The summed E-state index contributed by atoms with van der Waals surface area (Å²) in [4.78, 5) is 22.4. The number of hydrogen-bond donors (Lipinski definition) is 1. The van der Waals surface area contributed by atoms with Gasteiger partial charge in [0.1, 0.15) is 5.82 Å². The van der Waals surface area contributed by atoms with E-state index in [0.29, 0.717) is 22.2 Å². The van der Waals surface area contributed by atoms with Crippen LogP contribution in [0, 0.1) is 5.82 Å². The van der Waals surface area contributed by atoms with Gasteiger partial charge in [0.25, 0.3) is 5.91 Å². The van der Waals surface area contributed by atoms with Crippen molar-refractivity contribution >= 4 is 28.6 Å². The van der Waals surface area contributed by atoms with Gasteiger partial charge in [0.15, 0.2) is 0 Å². The fourth-order valence-corrected chi connectivity index (χ4v) is 3.47. The Morgan fingerprint density at radius 3 is 2.62 bits per heavy atom. The normalized spacial score (nSPS) is 12.1. The lowest BCUT2D eigenvalue weighted by atomic mass is 10.1. The van der Waals surface area contributed by atoms with Gasteiger partial charge >= 0.3 is 0 Å². The van der Waals surface area contributed by atoms with Gasteiger partial charge in [-0.3, -0.25) is 14.8 Å². The van der Waals surface area contributed by atoms with Crippen LogP contribution in [0.5, 0.6) is 0 Å². The molecule has 1 N–H and O–H groups in total. The first kappa shape index (κ1) is 19.1. The molecule has 1 atom stereocenters. The minimum absolute atomic E-state index is 0.218. The van der Waals surface area contributed by atoms with E-state index in [1.165, 1.54) is 18.3 Å². The first-order chi connectivity index (χ1) is 14.1. The van der Waals surface area contributed by atoms with E-state index in [1.807, 2.05) is 19.2 Å². The molecule has 0 fully saturated rings. The van der Waals surface area contributed by atoms with E-state index in [2.05, 4.69) is 20.4 Å². The average Bonchev–Trinajstić information content (AvgIpc) is 3.18. The minimum Gasteiger partial charge on any atom is -0.345 e. The van der Waals surface area contributed by atoms with Crippen LogP contribution in [-0.4, -0.2) is 31.9 Å². The second kappa shape index (κ2) is 8.00. The number of thioether (sulfide) groups is 1. The highest BCUT2D eigenvalue weighted by molar-refractivity contribution is 7.98. The summed E-state index contributed by atoms with van der Waals surface area (Å²) in [6.07, 6.45) is 10.3. The maximum atomic E-state index is 13.2. The number of fused-ring (bicyclic) bond motifs is 1. The molecule has 0 saturated carbocycles. The number of amides is 1. The Morgan fingerprint density at radius 2 is 1.86 bits per heavy atom. The van der Waals surface area contributed by atoms with Crippen molar-refractivity contribution in [2.45, 2.75) is 17.9 Å². The standard InChI is InChI=1S/C21H18FN5OS/c1-13(14-7-17(29-2)9-23-8-14)26-21(28)19-10-24-12-20-18(19)11-25-27(20)16-5-3-15(22)4-6-16/h3-13H,1-2H3,(H,26,28). The van der Waals surface area contributed by atoms with Crippen molar-refractivity contribution in [1.29, 1.82) is 0 Å². The Morgan fingerprint density at radius 1 is 1.10 bits per heavy atom. The van der Waals surface area contributed by atoms with Gasteiger partial charge in [-0.15, -0.1) is 11.8 Å². The molecule has 4 rings (SSSR count). The molecule has 8 heteroatoms. The second-order valence-corrected chi connectivity index (χ2v) is 7.39. The Hall–Kier alpha value is -3.26. The molecule has 0 aliphatic heterocycles. The summed E-state index contributed by atoms with van der Waals surface area (Å²) in [7, 11) is 0. The number of rotatable bonds is 5. The quantitative estimate of drug-likeness (QED) is 0.503. The number of halogens is 1. The van der Waals surface area contributed by atoms with Gasteiger partial charge in [-0.2, -0.15) is 5.10 Å². The molecule has 0 aliphatic rings. The number of benzene rings is 1. The predicted molar refractivity (Wildman–Crippen MR) is 111 cm³/mol. The van der Waals surface area contributed by atoms with Crippen LogP contribution >= 0.6 is 11.8 Å². The van der Waals surface area contributed by atoms with Crippen molar-refractivity contribution in [3.8, 4) is 5.69 Å². The lowest BCUT2D eigenvalue weighted by molar-refractivity contribution is 0.0941. The number of nitrogens with zero attached hydrogens (tertiary/aromatic N) is 4. The molecule has 0 spiro atoms. The van der Waals surface area contributed by atoms with Gasteiger partial charge < -0.3 is 5.32 Å². The van der Waals surface area contributed by atoms with Gasteiger partial charge in [0.05, 0.1) is 35.2 Å². The van der Waals surface area contributed by atoms with Crippen LogP contribution in [0.3, 0.4) is 0 Å². The van der Waals surface area contributed by atoms with E-state index in [-0.39, 0.29) is 17.8 Å². The second-order valence-electron chi connectivity index (χ2n) is 6.51. The number of carbonyl (C=O) groups is 1. The molecule has 0 radical (unpaired) electrons. The summed E-state index contributed by atoms with van der Waals surface area (Å²) in [6.45, 7) is 1.91. The molecular weight excluding hydrogens is 389 g/mol. The number of carbonyl (C=O) groups excluding carboxylic acids is 1. The maximum Gasteiger partial charge on any atom is 0.254 e. The van der Waals surface area contributed by atoms with E-state index in [0.717, 1.165) is 10.5 Å². The van der Waals surface area contributed by atoms with Crippen LogP contribution in [0.15, 0.2) is 66.2 Å². The molecule has 1 aromatic carbocycles. The van der Waals surface area contributed by atoms with Gasteiger partial charge in [-0.05, 0) is 49.1 Å². The molecule has 1 amide bonds. The van der Waals surface area contributed by atoms with E-state index < -0.39 is 0 Å². The molecule has 0 saturated heterocycles. The van der Waals surface area contributed by atoms with Gasteiger partial charge in [-0.1, -0.05) is 0 Å². The third-order valence-corrected chi connectivity index (χ3v) is 5.33. The molecule has 29 heavy (non-hydrogen) atoms. The Labute approximate surface area is 171 Å². The summed E-state index contributed by atoms with van der Waals surface area (Å²) in [6, 6.07) is 7.78. The first-order valence-corrected chi connectivity index (χ1v) is 10.2. The summed E-state index contributed by atoms with van der Waals surface area (Å²) < 4.78 is 14.9. The number of nitrogens with one attached hydrogen (secondary N) is 1. The van der Waals surface area contributed by atoms with Crippen LogP contribution in [0.4, 0.5) is 4.39 Å². The van der Waals surface area contributed by atoms with Crippen molar-refractivity contribution in [3.05, 3.63) is 78.3 Å². The van der Waals surface area contributed by atoms with Gasteiger partial charge in [0.2, 0.25) is 0 Å². The molecule has 4 aromatic rings. The van der Waals surface area contributed by atoms with E-state index in [1.54, 1.807) is 53.4 Å². The highest BCUT2D eigenvalue weighted by atomic mass is 32.2. The van der Waals surface area contributed by atoms with Crippen molar-refractivity contribution in [2.75, 3.05) is 6.26 Å². The summed E-state index contributed by atoms with van der Waals surface area (Å²) >= 11 is 1.60. The molecule has 0 aliphatic carbocycles. The zero-order valence-corrected chi connectivity index (χ0v) is 16.7. The van der Waals surface area contributed by atoms with Crippen LogP contribution in [0.1, 0.15) is 28.9 Å². The van der Waals surface area contributed by atoms with Crippen molar-refractivity contribution in [3.63, 3.8) is 0 Å². The zero-order chi connectivity index (χ0) is 20.4. The van der Waals surface area contributed by atoms with Crippen LogP contribution in [-0.2, 0) is 0 Å². The minimum atomic E-state index is -0.322. The molecule has 0 bridgehead atoms. The van der Waals surface area contributed by atoms with E-state index in [4.69, 9.17) is 0 Å². The lowest BCUT2D eigenvalue weighted by Gasteiger charge is -2.15. The molecular formula is C21H18FN5OS. The Kier molecular flexibility index (Phi) is 5.26. The highest BCUT2D eigenvalue weighted by Gasteiger charge is 2.17. The third kappa shape index (κ3) is 3.84. The van der Waals surface area contributed by atoms with Crippen molar-refractivity contribution < 1.29 is 9.18 Å². The Balaban J connectivity index is 1.63. The van der Waals surface area contributed by atoms with Gasteiger partial charge in [-0.25, -0.2) is 9.07 Å². The summed E-state index contributed by atoms with van der Waals surface area (Å²) in [5.41, 5.74) is 2.71. The Bertz CT molecular complexity index is 1180. The third-order valence-electron chi connectivity index (χ3n) is 4.63. The monoisotopic (exact) mass is 407 g/mol. The fraction of sp³-hybridized carbons (Fsp3) is 0.143. The summed E-state index contributed by atoms with van der Waals surface area (Å²) in [5.74, 6) is -0.568. The largest absolute Gasteiger partial charge is 0.345 e. The van der Waals surface area contributed by atoms with Crippen LogP contribution in [0.2, 0.25) is 0 Å².